The van der Waals surface area contributed by atoms with Crippen LogP contribution in [0.1, 0.15) is 64.2 Å². The fourth-order valence-corrected chi connectivity index (χ4v) is 1.86. The molecule has 0 spiro atoms. The van der Waals surface area contributed by atoms with E-state index in [1.54, 1.807) is 0 Å². The minimum absolute atomic E-state index is 0. The van der Waals surface area contributed by atoms with Gasteiger partial charge in [0.15, 0.2) is 0 Å². The van der Waals surface area contributed by atoms with Crippen LogP contribution < -0.4 is 34.7 Å². The second-order valence-corrected chi connectivity index (χ2v) is 5.08. The normalized spacial score (nSPS) is 11.5. The van der Waals surface area contributed by atoms with E-state index < -0.39 is 5.97 Å². The number of carboxylic acids is 1. The molecular weight excluding hydrogens is 287 g/mol. The Morgan fingerprint density at radius 2 is 1.27 bits per heavy atom. The minimum atomic E-state index is -0.955. The van der Waals surface area contributed by atoms with Crippen molar-refractivity contribution in [2.45, 2.75) is 64.2 Å². The Morgan fingerprint density at radius 3 is 1.77 bits per heavy atom. The van der Waals surface area contributed by atoms with Crippen LogP contribution >= 0.6 is 0 Å². The molecule has 0 rings (SSSR count). The molecule has 0 atom stereocenters. The van der Waals surface area contributed by atoms with Crippen molar-refractivity contribution in [1.82, 2.24) is 0 Å². The van der Waals surface area contributed by atoms with Gasteiger partial charge in [-0.05, 0) is 57.8 Å². The Kier molecular flexibility index (Phi) is 22.4. The van der Waals surface area contributed by atoms with Crippen molar-refractivity contribution in [3.63, 3.8) is 0 Å². The third-order valence-electron chi connectivity index (χ3n) is 3.07. The van der Waals surface area contributed by atoms with Gasteiger partial charge in [0.05, 0.1) is 0 Å². The molecule has 4 heteroatoms. The van der Waals surface area contributed by atoms with Crippen molar-refractivity contribution in [2.24, 2.45) is 0 Å². The Morgan fingerprint density at radius 1 is 0.773 bits per heavy atom. The summed E-state index contributed by atoms with van der Waals surface area (Å²) in [5.74, 6) is -0.955. The van der Waals surface area contributed by atoms with Crippen LogP contribution in [0, 0.1) is 0 Å². The molecular formula is C18H29NaO3. The van der Waals surface area contributed by atoms with Gasteiger partial charge in [-0.25, -0.2) is 0 Å². The number of carboxylic acid groups (broad SMARTS) is 1. The van der Waals surface area contributed by atoms with Gasteiger partial charge in [-0.1, -0.05) is 42.9 Å². The zero-order valence-electron chi connectivity index (χ0n) is 14.0. The van der Waals surface area contributed by atoms with Crippen LogP contribution in [0.15, 0.2) is 36.5 Å². The monoisotopic (exact) mass is 316 g/mol. The summed E-state index contributed by atoms with van der Waals surface area (Å²) in [7, 11) is 0. The molecule has 1 N–H and O–H groups in total. The van der Waals surface area contributed by atoms with E-state index in [1.807, 2.05) is 0 Å². The summed E-state index contributed by atoms with van der Waals surface area (Å²) in [6, 6.07) is 0. The molecule has 0 aliphatic rings. The molecule has 0 saturated carbocycles. The van der Waals surface area contributed by atoms with Crippen LogP contribution in [0.2, 0.25) is 0 Å². The number of aliphatic hydroxyl groups excluding tert-OH is 1. The second-order valence-electron chi connectivity index (χ2n) is 5.08. The molecule has 0 aliphatic carbocycles. The van der Waals surface area contributed by atoms with Crippen LogP contribution in [-0.2, 0) is 4.79 Å². The van der Waals surface area contributed by atoms with E-state index in [9.17, 15) is 9.90 Å². The van der Waals surface area contributed by atoms with Crippen molar-refractivity contribution in [2.75, 3.05) is 6.61 Å². The zero-order chi connectivity index (χ0) is 15.6. The predicted octanol–water partition coefficient (Wildman–Crippen LogP) is 0.302. The number of carbonyl (C=O) groups is 1. The van der Waals surface area contributed by atoms with Gasteiger partial charge in [0.25, 0.3) is 0 Å². The molecule has 3 nitrogen and oxygen atoms in total. The molecule has 0 aromatic heterocycles. The first kappa shape index (κ1) is 23.9. The molecule has 0 heterocycles. The molecule has 0 aromatic rings. The summed E-state index contributed by atoms with van der Waals surface area (Å²) in [4.78, 5) is 10.2. The maximum Gasteiger partial charge on any atom is 1.00 e. The van der Waals surface area contributed by atoms with Gasteiger partial charge < -0.3 is 15.0 Å². The average molecular weight is 316 g/mol. The number of rotatable bonds is 14. The number of allylic oxidation sites excluding steroid dienone is 6. The van der Waals surface area contributed by atoms with Gasteiger partial charge in [-0.2, -0.15) is 0 Å². The fourth-order valence-electron chi connectivity index (χ4n) is 1.86. The Bertz CT molecular complexity index is 322. The van der Waals surface area contributed by atoms with Gasteiger partial charge in [0, 0.05) is 12.6 Å². The average Bonchev–Trinajstić information content (AvgIpc) is 2.46. The first-order chi connectivity index (χ1) is 10.3. The second kappa shape index (κ2) is 20.6. The van der Waals surface area contributed by atoms with Crippen LogP contribution in [0.25, 0.3) is 0 Å². The van der Waals surface area contributed by atoms with Gasteiger partial charge in [0.2, 0.25) is 0 Å². The Balaban J connectivity index is 0. The standard InChI is InChI=1S/C18H30O3.Na/c19-17-15-13-11-9-7-5-3-1-2-4-6-8-10-12-14-16-18(20)21;/h1-2,5-8,19H,3-4,9-17H2,(H,20,21);/q;+1/p-1/b2-1-,7-5-,8-6-;. The van der Waals surface area contributed by atoms with Crippen LogP contribution in [-0.4, -0.2) is 17.7 Å². The van der Waals surface area contributed by atoms with E-state index in [0.717, 1.165) is 51.4 Å². The van der Waals surface area contributed by atoms with E-state index in [2.05, 4.69) is 36.5 Å². The van der Waals surface area contributed by atoms with Crippen molar-refractivity contribution < 1.29 is 44.6 Å². The van der Waals surface area contributed by atoms with E-state index in [-0.39, 0.29) is 36.0 Å². The Hall–Kier alpha value is -0.350. The maximum absolute atomic E-state index is 10.2. The molecule has 0 unspecified atom stereocenters. The SMILES string of the molecule is O=C([O-])CCCC/C=C\C/C=C\C/C=C\CCCCCO.[Na+]. The van der Waals surface area contributed by atoms with Crippen LogP contribution in [0.4, 0.5) is 0 Å². The first-order valence-electron chi connectivity index (χ1n) is 8.03. The fraction of sp³-hybridized carbons (Fsp3) is 0.611. The van der Waals surface area contributed by atoms with Crippen LogP contribution in [0.3, 0.4) is 0 Å². The van der Waals surface area contributed by atoms with Crippen molar-refractivity contribution in [1.29, 1.82) is 0 Å². The number of hydrogen-bond acceptors (Lipinski definition) is 3. The van der Waals surface area contributed by atoms with E-state index in [4.69, 9.17) is 5.11 Å². The number of unbranched alkanes of at least 4 members (excludes halogenated alkanes) is 5. The quantitative estimate of drug-likeness (QED) is 0.285. The summed E-state index contributed by atoms with van der Waals surface area (Å²) in [6.07, 6.45) is 21.8. The van der Waals surface area contributed by atoms with Gasteiger partial charge in [0.1, 0.15) is 0 Å². The molecule has 0 saturated heterocycles. The summed E-state index contributed by atoms with van der Waals surface area (Å²) < 4.78 is 0. The molecule has 0 radical (unpaired) electrons. The maximum atomic E-state index is 10.2. The third kappa shape index (κ3) is 21.9. The summed E-state index contributed by atoms with van der Waals surface area (Å²) in [5, 5.41) is 18.8. The van der Waals surface area contributed by atoms with E-state index >= 15 is 0 Å². The molecule has 0 aliphatic heterocycles. The first-order valence-corrected chi connectivity index (χ1v) is 8.03. The van der Waals surface area contributed by atoms with Crippen LogP contribution in [0.5, 0.6) is 0 Å². The molecule has 0 aromatic carbocycles. The van der Waals surface area contributed by atoms with Gasteiger partial charge in [-0.15, -0.1) is 0 Å². The number of hydrogen-bond donors (Lipinski definition) is 1. The summed E-state index contributed by atoms with van der Waals surface area (Å²) in [6.45, 7) is 0.302. The van der Waals surface area contributed by atoms with Gasteiger partial charge in [-0.3, -0.25) is 0 Å². The van der Waals surface area contributed by atoms with E-state index in [1.165, 1.54) is 0 Å². The predicted molar refractivity (Wildman–Crippen MR) is 85.7 cm³/mol. The smallest absolute Gasteiger partial charge is 0.550 e. The minimum Gasteiger partial charge on any atom is -0.550 e. The topological polar surface area (TPSA) is 60.4 Å². The number of aliphatic hydroxyl groups is 1. The Labute approximate surface area is 157 Å². The van der Waals surface area contributed by atoms with Crippen molar-refractivity contribution in [3.8, 4) is 0 Å². The molecule has 0 fully saturated rings. The molecule has 0 bridgehead atoms. The number of aliphatic carboxylic acids is 1. The van der Waals surface area contributed by atoms with Crippen molar-refractivity contribution in [3.05, 3.63) is 36.5 Å². The third-order valence-corrected chi connectivity index (χ3v) is 3.07. The number of carbonyl (C=O) groups excluding carboxylic acids is 1. The molecule has 0 amide bonds. The largest absolute Gasteiger partial charge is 1.00 e. The summed E-state index contributed by atoms with van der Waals surface area (Å²) in [5.41, 5.74) is 0. The van der Waals surface area contributed by atoms with Crippen molar-refractivity contribution >= 4 is 5.97 Å². The zero-order valence-corrected chi connectivity index (χ0v) is 16.0. The van der Waals surface area contributed by atoms with E-state index in [0.29, 0.717) is 13.0 Å². The van der Waals surface area contributed by atoms with Gasteiger partial charge >= 0.3 is 29.6 Å². The molecule has 22 heavy (non-hydrogen) atoms. The summed E-state index contributed by atoms with van der Waals surface area (Å²) >= 11 is 0. The molecule has 120 valence electrons.